The number of carbonyl (C=O) groups excluding carboxylic acids is 2. The van der Waals surface area contributed by atoms with E-state index in [9.17, 15) is 9.59 Å². The molecule has 0 unspecified atom stereocenters. The maximum Gasteiger partial charge on any atom is 0.244 e. The summed E-state index contributed by atoms with van der Waals surface area (Å²) in [4.78, 5) is 29.5. The standard InChI is InChI=1S/C22H28N4O2/c1-17-14-23-26(15-17)16-20(27)25-10-8-22(9-11-25)13-19(24(2)21(22)28)12-18-6-4-3-5-7-18/h3-7,14-15,19H,8-13,16H2,1-2H3/t19-/m1/s1. The van der Waals surface area contributed by atoms with Crippen molar-refractivity contribution in [1.82, 2.24) is 19.6 Å². The molecule has 2 aromatic rings. The van der Waals surface area contributed by atoms with E-state index in [1.54, 1.807) is 10.9 Å². The zero-order valence-electron chi connectivity index (χ0n) is 16.7. The third-order valence-electron chi connectivity index (χ3n) is 6.40. The summed E-state index contributed by atoms with van der Waals surface area (Å²) >= 11 is 0. The molecule has 2 fully saturated rings. The highest BCUT2D eigenvalue weighted by Crippen LogP contribution is 2.44. The fraction of sp³-hybridized carbons (Fsp3) is 0.500. The van der Waals surface area contributed by atoms with Crippen molar-refractivity contribution in [2.75, 3.05) is 20.1 Å². The molecule has 0 radical (unpaired) electrons. The maximum atomic E-state index is 13.1. The normalized spacial score (nSPS) is 21.5. The highest BCUT2D eigenvalue weighted by Gasteiger charge is 2.51. The third kappa shape index (κ3) is 3.55. The molecule has 28 heavy (non-hydrogen) atoms. The predicted octanol–water partition coefficient (Wildman–Crippen LogP) is 2.27. The Morgan fingerprint density at radius 1 is 1.21 bits per heavy atom. The van der Waals surface area contributed by atoms with Crippen LogP contribution in [0.25, 0.3) is 0 Å². The number of likely N-dealkylation sites (tertiary alicyclic amines) is 2. The zero-order chi connectivity index (χ0) is 19.7. The second kappa shape index (κ2) is 7.41. The first-order valence-corrected chi connectivity index (χ1v) is 10.0. The van der Waals surface area contributed by atoms with Gasteiger partial charge in [0.15, 0.2) is 0 Å². The van der Waals surface area contributed by atoms with Crippen LogP contribution in [0.4, 0.5) is 0 Å². The summed E-state index contributed by atoms with van der Waals surface area (Å²) in [5.74, 6) is 0.334. The number of aromatic nitrogens is 2. The van der Waals surface area contributed by atoms with Crippen molar-refractivity contribution in [2.24, 2.45) is 5.41 Å². The maximum absolute atomic E-state index is 13.1. The number of rotatable bonds is 4. The molecule has 1 aromatic carbocycles. The molecular formula is C22H28N4O2. The minimum atomic E-state index is -0.298. The number of piperidine rings is 1. The van der Waals surface area contributed by atoms with Gasteiger partial charge in [0.05, 0.1) is 11.6 Å². The van der Waals surface area contributed by atoms with Crippen molar-refractivity contribution in [3.63, 3.8) is 0 Å². The molecule has 2 aliphatic rings. The van der Waals surface area contributed by atoms with E-state index in [1.165, 1.54) is 5.56 Å². The molecular weight excluding hydrogens is 352 g/mol. The van der Waals surface area contributed by atoms with Crippen LogP contribution >= 0.6 is 0 Å². The Morgan fingerprint density at radius 3 is 2.57 bits per heavy atom. The van der Waals surface area contributed by atoms with Gasteiger partial charge in [0, 0.05) is 32.4 Å². The van der Waals surface area contributed by atoms with E-state index in [0.29, 0.717) is 13.1 Å². The number of hydrogen-bond donors (Lipinski definition) is 0. The summed E-state index contributed by atoms with van der Waals surface area (Å²) in [6.45, 7) is 3.53. The SMILES string of the molecule is Cc1cnn(CC(=O)N2CCC3(CC2)C[C@@H](Cc2ccccc2)N(C)C3=O)c1. The average molecular weight is 380 g/mol. The number of amides is 2. The van der Waals surface area contributed by atoms with E-state index in [-0.39, 0.29) is 29.8 Å². The van der Waals surface area contributed by atoms with Gasteiger partial charge in [0.1, 0.15) is 6.54 Å². The molecule has 0 saturated carbocycles. The summed E-state index contributed by atoms with van der Waals surface area (Å²) in [7, 11) is 1.93. The second-order valence-corrected chi connectivity index (χ2v) is 8.34. The first-order valence-electron chi connectivity index (χ1n) is 10.0. The lowest BCUT2D eigenvalue weighted by Crippen LogP contribution is -2.47. The topological polar surface area (TPSA) is 58.4 Å². The Hall–Kier alpha value is -2.63. The lowest BCUT2D eigenvalue weighted by atomic mass is 9.75. The summed E-state index contributed by atoms with van der Waals surface area (Å²) in [6.07, 6.45) is 6.94. The van der Waals surface area contributed by atoms with E-state index in [4.69, 9.17) is 0 Å². The van der Waals surface area contributed by atoms with E-state index in [2.05, 4.69) is 17.2 Å². The van der Waals surface area contributed by atoms with Crippen LogP contribution < -0.4 is 0 Å². The van der Waals surface area contributed by atoms with Crippen molar-refractivity contribution in [3.8, 4) is 0 Å². The van der Waals surface area contributed by atoms with Crippen LogP contribution in [0.2, 0.25) is 0 Å². The number of aryl methyl sites for hydroxylation is 1. The van der Waals surface area contributed by atoms with Gasteiger partial charge >= 0.3 is 0 Å². The molecule has 4 rings (SSSR count). The van der Waals surface area contributed by atoms with Crippen LogP contribution in [0.5, 0.6) is 0 Å². The molecule has 148 valence electrons. The largest absolute Gasteiger partial charge is 0.342 e. The first kappa shape index (κ1) is 18.7. The number of benzene rings is 1. The van der Waals surface area contributed by atoms with Gasteiger partial charge in [-0.3, -0.25) is 14.3 Å². The Labute approximate surface area is 166 Å². The molecule has 1 atom stereocenters. The average Bonchev–Trinajstić information content (AvgIpc) is 3.20. The predicted molar refractivity (Wildman–Crippen MR) is 107 cm³/mol. The molecule has 0 N–H and O–H groups in total. The lowest BCUT2D eigenvalue weighted by Gasteiger charge is -2.37. The van der Waals surface area contributed by atoms with Gasteiger partial charge in [-0.2, -0.15) is 5.10 Å². The van der Waals surface area contributed by atoms with Crippen LogP contribution in [0.1, 0.15) is 30.4 Å². The first-order chi connectivity index (χ1) is 13.5. The molecule has 0 aliphatic carbocycles. The van der Waals surface area contributed by atoms with Gasteiger partial charge < -0.3 is 9.80 Å². The summed E-state index contributed by atoms with van der Waals surface area (Å²) in [6, 6.07) is 10.6. The fourth-order valence-corrected chi connectivity index (χ4v) is 4.70. The zero-order valence-corrected chi connectivity index (χ0v) is 16.7. The van der Waals surface area contributed by atoms with Gasteiger partial charge in [0.2, 0.25) is 11.8 Å². The molecule has 1 spiro atoms. The molecule has 3 heterocycles. The van der Waals surface area contributed by atoms with Crippen molar-refractivity contribution in [2.45, 2.75) is 45.2 Å². The fourth-order valence-electron chi connectivity index (χ4n) is 4.70. The van der Waals surface area contributed by atoms with Gasteiger partial charge in [-0.25, -0.2) is 0 Å². The van der Waals surface area contributed by atoms with Crippen LogP contribution in [0.15, 0.2) is 42.7 Å². The minimum Gasteiger partial charge on any atom is -0.342 e. The van der Waals surface area contributed by atoms with Crippen LogP contribution in [0.3, 0.4) is 0 Å². The van der Waals surface area contributed by atoms with Gasteiger partial charge in [-0.1, -0.05) is 30.3 Å². The minimum absolute atomic E-state index is 0.0811. The third-order valence-corrected chi connectivity index (χ3v) is 6.40. The highest BCUT2D eigenvalue weighted by atomic mass is 16.2. The highest BCUT2D eigenvalue weighted by molar-refractivity contribution is 5.86. The quantitative estimate of drug-likeness (QED) is 0.818. The molecule has 2 saturated heterocycles. The Balaban J connectivity index is 1.37. The number of likely N-dealkylation sites (N-methyl/N-ethyl adjacent to an activating group) is 1. The summed E-state index contributed by atoms with van der Waals surface area (Å²) < 4.78 is 1.69. The summed E-state index contributed by atoms with van der Waals surface area (Å²) in [5.41, 5.74) is 2.02. The molecule has 1 aromatic heterocycles. The number of nitrogens with zero attached hydrogens (tertiary/aromatic N) is 4. The van der Waals surface area contributed by atoms with Crippen molar-refractivity contribution in [3.05, 3.63) is 53.9 Å². The van der Waals surface area contributed by atoms with Gasteiger partial charge in [0.25, 0.3) is 0 Å². The summed E-state index contributed by atoms with van der Waals surface area (Å²) in [5, 5.41) is 4.20. The molecule has 2 amide bonds. The van der Waals surface area contributed by atoms with E-state index in [1.807, 2.05) is 48.2 Å². The molecule has 0 bridgehead atoms. The van der Waals surface area contributed by atoms with Crippen molar-refractivity contribution >= 4 is 11.8 Å². The van der Waals surface area contributed by atoms with Crippen LogP contribution in [-0.2, 0) is 22.6 Å². The molecule has 6 nitrogen and oxygen atoms in total. The Kier molecular flexibility index (Phi) is 4.96. The molecule has 6 heteroatoms. The smallest absolute Gasteiger partial charge is 0.244 e. The second-order valence-electron chi connectivity index (χ2n) is 8.34. The number of carbonyl (C=O) groups is 2. The Morgan fingerprint density at radius 2 is 1.93 bits per heavy atom. The lowest BCUT2D eigenvalue weighted by molar-refractivity contribution is -0.142. The molecule has 2 aliphatic heterocycles. The Bertz CT molecular complexity index is 852. The van der Waals surface area contributed by atoms with Crippen molar-refractivity contribution < 1.29 is 9.59 Å². The van der Waals surface area contributed by atoms with E-state index >= 15 is 0 Å². The van der Waals surface area contributed by atoms with Crippen molar-refractivity contribution in [1.29, 1.82) is 0 Å². The van der Waals surface area contributed by atoms with Crippen LogP contribution in [0, 0.1) is 12.3 Å². The van der Waals surface area contributed by atoms with Gasteiger partial charge in [-0.05, 0) is 43.7 Å². The monoisotopic (exact) mass is 380 g/mol. The number of hydrogen-bond acceptors (Lipinski definition) is 3. The van der Waals surface area contributed by atoms with Gasteiger partial charge in [-0.15, -0.1) is 0 Å². The van der Waals surface area contributed by atoms with E-state index < -0.39 is 0 Å². The van der Waals surface area contributed by atoms with Crippen LogP contribution in [-0.4, -0.2) is 57.6 Å². The van der Waals surface area contributed by atoms with E-state index in [0.717, 1.165) is 31.2 Å².